The van der Waals surface area contributed by atoms with Crippen LogP contribution in [0.15, 0.2) is 42.5 Å². The van der Waals surface area contributed by atoms with Gasteiger partial charge in [0.1, 0.15) is 0 Å². The molecule has 1 aliphatic carbocycles. The van der Waals surface area contributed by atoms with E-state index >= 15 is 0 Å². The number of carboxylic acid groups (broad SMARTS) is 1. The molecule has 26 heavy (non-hydrogen) atoms. The van der Waals surface area contributed by atoms with E-state index in [2.05, 4.69) is 5.32 Å². The molecule has 0 bridgehead atoms. The van der Waals surface area contributed by atoms with Gasteiger partial charge < -0.3 is 10.4 Å². The molecule has 0 atom stereocenters. The third-order valence-electron chi connectivity index (χ3n) is 5.15. The highest BCUT2D eigenvalue weighted by atomic mass is 16.4. The van der Waals surface area contributed by atoms with Gasteiger partial charge in [-0.2, -0.15) is 0 Å². The third kappa shape index (κ3) is 2.69. The highest BCUT2D eigenvalue weighted by molar-refractivity contribution is 6.07. The summed E-state index contributed by atoms with van der Waals surface area (Å²) in [7, 11) is 0. The molecule has 2 aromatic rings. The second kappa shape index (κ2) is 5.80. The van der Waals surface area contributed by atoms with Crippen LogP contribution < -0.4 is 5.32 Å². The first-order valence-electron chi connectivity index (χ1n) is 8.40. The van der Waals surface area contributed by atoms with Crippen molar-refractivity contribution >= 4 is 23.3 Å². The molecule has 0 spiro atoms. The molecule has 1 amide bonds. The molecule has 1 aliphatic rings. The van der Waals surface area contributed by atoms with E-state index in [1.54, 1.807) is 24.3 Å². The van der Waals surface area contributed by atoms with Crippen molar-refractivity contribution in [2.75, 3.05) is 5.32 Å². The van der Waals surface area contributed by atoms with E-state index in [4.69, 9.17) is 5.11 Å². The lowest BCUT2D eigenvalue weighted by Gasteiger charge is -2.21. The number of benzene rings is 2. The summed E-state index contributed by atoms with van der Waals surface area (Å²) >= 11 is 0. The number of amides is 1. The number of nitrogens with one attached hydrogen (secondary N) is 1. The predicted molar refractivity (Wildman–Crippen MR) is 98.9 cm³/mol. The van der Waals surface area contributed by atoms with E-state index in [0.29, 0.717) is 11.3 Å². The fourth-order valence-corrected chi connectivity index (χ4v) is 3.67. The number of ketones is 1. The summed E-state index contributed by atoms with van der Waals surface area (Å²) < 4.78 is 0. The Hall–Kier alpha value is -2.95. The van der Waals surface area contributed by atoms with E-state index < -0.39 is 16.8 Å². The molecule has 2 N–H and O–H groups in total. The topological polar surface area (TPSA) is 83.5 Å². The number of anilines is 1. The minimum Gasteiger partial charge on any atom is -0.478 e. The lowest BCUT2D eigenvalue weighted by molar-refractivity contribution is -0.126. The summed E-state index contributed by atoms with van der Waals surface area (Å²) in [5.41, 5.74) is 1.75. The molecule has 0 heterocycles. The number of hydrogen-bond acceptors (Lipinski definition) is 3. The van der Waals surface area contributed by atoms with Crippen molar-refractivity contribution in [1.29, 1.82) is 0 Å². The number of fused-ring (bicyclic) bond motifs is 1. The van der Waals surface area contributed by atoms with Crippen LogP contribution in [0.2, 0.25) is 0 Å². The Morgan fingerprint density at radius 1 is 0.846 bits per heavy atom. The average molecular weight is 351 g/mol. The van der Waals surface area contributed by atoms with Crippen LogP contribution in [0.1, 0.15) is 59.5 Å². The Morgan fingerprint density at radius 3 is 1.96 bits per heavy atom. The minimum absolute atomic E-state index is 0.141. The van der Waals surface area contributed by atoms with Crippen LogP contribution in [0.25, 0.3) is 0 Å². The minimum atomic E-state index is -1.02. The average Bonchev–Trinajstić information content (AvgIpc) is 2.73. The summed E-state index contributed by atoms with van der Waals surface area (Å²) in [5, 5.41) is 11.7. The van der Waals surface area contributed by atoms with Gasteiger partial charge in [0.15, 0.2) is 5.78 Å². The Balaban J connectivity index is 1.89. The maximum Gasteiger partial charge on any atom is 0.335 e. The van der Waals surface area contributed by atoms with Gasteiger partial charge in [-0.15, -0.1) is 0 Å². The van der Waals surface area contributed by atoms with Crippen molar-refractivity contribution in [2.45, 2.75) is 38.5 Å². The predicted octanol–water partition coefficient (Wildman–Crippen LogP) is 3.78. The molecular weight excluding hydrogens is 330 g/mol. The number of aromatic carboxylic acids is 1. The molecule has 0 aliphatic heterocycles. The molecule has 0 fully saturated rings. The van der Waals surface area contributed by atoms with Crippen LogP contribution >= 0.6 is 0 Å². The van der Waals surface area contributed by atoms with Gasteiger partial charge in [0.25, 0.3) is 5.91 Å². The zero-order valence-electron chi connectivity index (χ0n) is 15.2. The summed E-state index contributed by atoms with van der Waals surface area (Å²) in [4.78, 5) is 36.2. The standard InChI is InChI=1S/C21H21NO4/c1-20(2)15-10-7-13(11-16(15)21(3,4)19(20)26)17(23)22-14-8-5-12(6-9-14)18(24)25/h5-11H,1-4H3,(H,22,23)(H,24,25). The van der Waals surface area contributed by atoms with Crippen LogP contribution in [0.5, 0.6) is 0 Å². The van der Waals surface area contributed by atoms with E-state index in [9.17, 15) is 14.4 Å². The zero-order valence-corrected chi connectivity index (χ0v) is 15.2. The van der Waals surface area contributed by atoms with Gasteiger partial charge in [0.2, 0.25) is 0 Å². The van der Waals surface area contributed by atoms with E-state index in [0.717, 1.165) is 11.1 Å². The normalized spacial score (nSPS) is 16.8. The number of hydrogen-bond donors (Lipinski definition) is 2. The maximum absolute atomic E-state index is 12.7. The number of Topliss-reactive ketones (excluding diaryl/α,β-unsaturated/α-hetero) is 1. The summed E-state index contributed by atoms with van der Waals surface area (Å²) in [6.45, 7) is 7.59. The summed E-state index contributed by atoms with van der Waals surface area (Å²) in [5.74, 6) is -1.18. The molecule has 0 saturated carbocycles. The molecule has 5 heteroatoms. The van der Waals surface area contributed by atoms with Gasteiger partial charge in [-0.3, -0.25) is 9.59 Å². The smallest absolute Gasteiger partial charge is 0.335 e. The summed E-state index contributed by atoms with van der Waals surface area (Å²) in [6, 6.07) is 11.3. The number of carboxylic acids is 1. The first-order valence-corrected chi connectivity index (χ1v) is 8.40. The van der Waals surface area contributed by atoms with Crippen molar-refractivity contribution in [3.8, 4) is 0 Å². The number of rotatable bonds is 3. The van der Waals surface area contributed by atoms with Crippen molar-refractivity contribution < 1.29 is 19.5 Å². The summed E-state index contributed by atoms with van der Waals surface area (Å²) in [6.07, 6.45) is 0. The quantitative estimate of drug-likeness (QED) is 0.881. The SMILES string of the molecule is CC1(C)C(=O)C(C)(C)c2cc(C(=O)Nc3ccc(C(=O)O)cc3)ccc21. The third-order valence-corrected chi connectivity index (χ3v) is 5.15. The molecule has 0 saturated heterocycles. The van der Waals surface area contributed by atoms with Gasteiger partial charge >= 0.3 is 5.97 Å². The van der Waals surface area contributed by atoms with Crippen LogP contribution in [0.3, 0.4) is 0 Å². The lowest BCUT2D eigenvalue weighted by atomic mass is 9.80. The van der Waals surface area contributed by atoms with Crippen molar-refractivity contribution in [3.05, 3.63) is 64.7 Å². The van der Waals surface area contributed by atoms with Gasteiger partial charge in [-0.25, -0.2) is 4.79 Å². The van der Waals surface area contributed by atoms with Gasteiger partial charge in [0.05, 0.1) is 5.56 Å². The molecule has 0 radical (unpaired) electrons. The first-order chi connectivity index (χ1) is 12.0. The van der Waals surface area contributed by atoms with E-state index in [1.165, 1.54) is 12.1 Å². The second-order valence-corrected chi connectivity index (χ2v) is 7.68. The second-order valence-electron chi connectivity index (χ2n) is 7.68. The molecular formula is C21H21NO4. The largest absolute Gasteiger partial charge is 0.478 e. The van der Waals surface area contributed by atoms with Crippen LogP contribution in [-0.4, -0.2) is 22.8 Å². The van der Waals surface area contributed by atoms with Crippen LogP contribution in [0.4, 0.5) is 5.69 Å². The number of carbonyl (C=O) groups excluding carboxylic acids is 2. The highest BCUT2D eigenvalue weighted by Gasteiger charge is 2.50. The monoisotopic (exact) mass is 351 g/mol. The molecule has 3 rings (SSSR count). The van der Waals surface area contributed by atoms with Crippen molar-refractivity contribution in [1.82, 2.24) is 0 Å². The zero-order chi connectivity index (χ0) is 19.3. The fourth-order valence-electron chi connectivity index (χ4n) is 3.67. The Morgan fingerprint density at radius 2 is 1.38 bits per heavy atom. The molecule has 134 valence electrons. The van der Waals surface area contributed by atoms with Crippen LogP contribution in [0, 0.1) is 0 Å². The fraction of sp³-hybridized carbons (Fsp3) is 0.286. The Kier molecular flexibility index (Phi) is 3.98. The van der Waals surface area contributed by atoms with Crippen molar-refractivity contribution in [3.63, 3.8) is 0 Å². The van der Waals surface area contributed by atoms with Gasteiger partial charge in [-0.1, -0.05) is 6.07 Å². The molecule has 0 aromatic heterocycles. The molecule has 2 aromatic carbocycles. The Labute approximate surface area is 152 Å². The van der Waals surface area contributed by atoms with Gasteiger partial charge in [-0.05, 0) is 75.2 Å². The maximum atomic E-state index is 12.7. The lowest BCUT2D eigenvalue weighted by Crippen LogP contribution is -2.33. The van der Waals surface area contributed by atoms with Gasteiger partial charge in [0, 0.05) is 22.1 Å². The first kappa shape index (κ1) is 17.9. The Bertz CT molecular complexity index is 924. The van der Waals surface area contributed by atoms with E-state index in [-0.39, 0.29) is 17.3 Å². The highest BCUT2D eigenvalue weighted by Crippen LogP contribution is 2.46. The number of carbonyl (C=O) groups is 3. The molecule has 0 unspecified atom stereocenters. The van der Waals surface area contributed by atoms with Crippen molar-refractivity contribution in [2.24, 2.45) is 0 Å². The van der Waals surface area contributed by atoms with Crippen LogP contribution in [-0.2, 0) is 15.6 Å². The molecule has 5 nitrogen and oxygen atoms in total. The van der Waals surface area contributed by atoms with E-state index in [1.807, 2.05) is 33.8 Å².